The molecule has 1 saturated carbocycles. The van der Waals surface area contributed by atoms with E-state index in [1.54, 1.807) is 6.20 Å². The SMILES string of the molecule is CNc1nc(-c2cncn2C2CC2)ncc1Br. The van der Waals surface area contributed by atoms with E-state index in [1.165, 1.54) is 12.8 Å². The quantitative estimate of drug-likeness (QED) is 0.945. The van der Waals surface area contributed by atoms with E-state index in [0.717, 1.165) is 16.0 Å². The van der Waals surface area contributed by atoms with Gasteiger partial charge in [0.1, 0.15) is 11.5 Å². The second-order valence-electron chi connectivity index (χ2n) is 4.06. The lowest BCUT2D eigenvalue weighted by molar-refractivity contribution is 0.743. The molecule has 6 heteroatoms. The van der Waals surface area contributed by atoms with E-state index in [4.69, 9.17) is 0 Å². The Morgan fingerprint density at radius 1 is 1.41 bits per heavy atom. The van der Waals surface area contributed by atoms with E-state index in [9.17, 15) is 0 Å². The number of nitrogens with one attached hydrogen (secondary N) is 1. The fourth-order valence-corrected chi connectivity index (χ4v) is 2.18. The molecule has 2 aromatic heterocycles. The van der Waals surface area contributed by atoms with Crippen molar-refractivity contribution in [3.63, 3.8) is 0 Å². The fraction of sp³-hybridized carbons (Fsp3) is 0.364. The van der Waals surface area contributed by atoms with Gasteiger partial charge in [0, 0.05) is 19.3 Å². The highest BCUT2D eigenvalue weighted by Crippen LogP contribution is 2.37. The summed E-state index contributed by atoms with van der Waals surface area (Å²) in [4.78, 5) is 13.0. The molecule has 3 rings (SSSR count). The van der Waals surface area contributed by atoms with Crippen molar-refractivity contribution in [1.82, 2.24) is 19.5 Å². The van der Waals surface area contributed by atoms with Crippen molar-refractivity contribution >= 4 is 21.7 Å². The highest BCUT2D eigenvalue weighted by molar-refractivity contribution is 9.10. The summed E-state index contributed by atoms with van der Waals surface area (Å²) in [5.41, 5.74) is 0.983. The number of hydrogen-bond donors (Lipinski definition) is 1. The number of anilines is 1. The van der Waals surface area contributed by atoms with Gasteiger partial charge in [0.05, 0.1) is 17.0 Å². The van der Waals surface area contributed by atoms with Crippen LogP contribution in [0.25, 0.3) is 11.5 Å². The van der Waals surface area contributed by atoms with Crippen molar-refractivity contribution in [2.75, 3.05) is 12.4 Å². The molecule has 0 unspecified atom stereocenters. The molecule has 0 atom stereocenters. The first kappa shape index (κ1) is 10.7. The van der Waals surface area contributed by atoms with Crippen LogP contribution in [-0.2, 0) is 0 Å². The van der Waals surface area contributed by atoms with Gasteiger partial charge >= 0.3 is 0 Å². The van der Waals surface area contributed by atoms with Crippen molar-refractivity contribution in [3.05, 3.63) is 23.2 Å². The van der Waals surface area contributed by atoms with Gasteiger partial charge < -0.3 is 9.88 Å². The first-order valence-electron chi connectivity index (χ1n) is 5.52. The zero-order valence-corrected chi connectivity index (χ0v) is 11.0. The zero-order chi connectivity index (χ0) is 11.8. The fourth-order valence-electron chi connectivity index (χ4n) is 1.79. The van der Waals surface area contributed by atoms with Crippen LogP contribution in [0, 0.1) is 0 Å². The molecule has 2 aromatic rings. The molecule has 0 bridgehead atoms. The lowest BCUT2D eigenvalue weighted by Gasteiger charge is -2.07. The van der Waals surface area contributed by atoms with Crippen molar-refractivity contribution in [1.29, 1.82) is 0 Å². The van der Waals surface area contributed by atoms with E-state index in [2.05, 4.69) is 40.8 Å². The maximum absolute atomic E-state index is 4.47. The molecule has 0 aromatic carbocycles. The molecular weight excluding hydrogens is 282 g/mol. The normalized spacial score (nSPS) is 14.9. The van der Waals surface area contributed by atoms with Gasteiger partial charge in [0.15, 0.2) is 5.82 Å². The standard InChI is InChI=1S/C11H12BrN5/c1-13-10-8(12)4-15-11(16-10)9-5-14-6-17(9)7-2-3-7/h4-7H,2-3H2,1H3,(H,13,15,16). The average molecular weight is 294 g/mol. The molecule has 1 fully saturated rings. The van der Waals surface area contributed by atoms with Crippen molar-refractivity contribution in [3.8, 4) is 11.5 Å². The molecule has 2 heterocycles. The Kier molecular flexibility index (Phi) is 2.58. The lowest BCUT2D eigenvalue weighted by atomic mass is 10.4. The predicted molar refractivity (Wildman–Crippen MR) is 68.8 cm³/mol. The van der Waals surface area contributed by atoms with Crippen LogP contribution in [0.3, 0.4) is 0 Å². The second-order valence-corrected chi connectivity index (χ2v) is 4.91. The molecule has 0 aliphatic heterocycles. The van der Waals surface area contributed by atoms with Gasteiger partial charge in [0.25, 0.3) is 0 Å². The third kappa shape index (κ3) is 1.93. The van der Waals surface area contributed by atoms with Gasteiger partial charge in [-0.15, -0.1) is 0 Å². The Morgan fingerprint density at radius 2 is 2.24 bits per heavy atom. The Labute approximate surface area is 107 Å². The maximum Gasteiger partial charge on any atom is 0.179 e. The van der Waals surface area contributed by atoms with Gasteiger partial charge in [-0.05, 0) is 28.8 Å². The number of hydrogen-bond acceptors (Lipinski definition) is 4. The van der Waals surface area contributed by atoms with Crippen LogP contribution >= 0.6 is 15.9 Å². The lowest BCUT2D eigenvalue weighted by Crippen LogP contribution is -2.01. The van der Waals surface area contributed by atoms with Crippen LogP contribution in [0.5, 0.6) is 0 Å². The molecule has 0 saturated heterocycles. The van der Waals surface area contributed by atoms with Crippen molar-refractivity contribution in [2.24, 2.45) is 0 Å². The highest BCUT2D eigenvalue weighted by Gasteiger charge is 2.26. The minimum absolute atomic E-state index is 0.581. The maximum atomic E-state index is 4.47. The topological polar surface area (TPSA) is 55.6 Å². The summed E-state index contributed by atoms with van der Waals surface area (Å²) < 4.78 is 3.02. The first-order valence-corrected chi connectivity index (χ1v) is 6.31. The van der Waals surface area contributed by atoms with E-state index < -0.39 is 0 Å². The molecule has 0 radical (unpaired) electrons. The summed E-state index contributed by atoms with van der Waals surface area (Å²) in [6.07, 6.45) is 7.88. The summed E-state index contributed by atoms with van der Waals surface area (Å²) in [6.45, 7) is 0. The molecule has 1 aliphatic rings. The number of imidazole rings is 1. The van der Waals surface area contributed by atoms with Gasteiger partial charge in [-0.25, -0.2) is 15.0 Å². The predicted octanol–water partition coefficient (Wildman–Crippen LogP) is 2.48. The van der Waals surface area contributed by atoms with Crippen molar-refractivity contribution < 1.29 is 0 Å². The molecule has 0 amide bonds. The highest BCUT2D eigenvalue weighted by atomic mass is 79.9. The molecule has 17 heavy (non-hydrogen) atoms. The minimum Gasteiger partial charge on any atom is -0.372 e. The van der Waals surface area contributed by atoms with Gasteiger partial charge in [-0.3, -0.25) is 0 Å². The summed E-state index contributed by atoms with van der Waals surface area (Å²) in [5, 5.41) is 3.03. The Morgan fingerprint density at radius 3 is 2.94 bits per heavy atom. The molecule has 1 aliphatic carbocycles. The summed E-state index contributed by atoms with van der Waals surface area (Å²) >= 11 is 3.40. The third-order valence-electron chi connectivity index (χ3n) is 2.82. The van der Waals surface area contributed by atoms with Crippen LogP contribution in [0.15, 0.2) is 23.2 Å². The molecule has 1 N–H and O–H groups in total. The summed E-state index contributed by atoms with van der Waals surface area (Å²) in [6, 6.07) is 0.581. The van der Waals surface area contributed by atoms with Crippen molar-refractivity contribution in [2.45, 2.75) is 18.9 Å². The second kappa shape index (κ2) is 4.10. The van der Waals surface area contributed by atoms with Crippen LogP contribution in [0.2, 0.25) is 0 Å². The molecular formula is C11H12BrN5. The Hall–Kier alpha value is -1.43. The van der Waals surface area contributed by atoms with E-state index in [-0.39, 0.29) is 0 Å². The summed E-state index contributed by atoms with van der Waals surface area (Å²) in [7, 11) is 1.84. The number of halogens is 1. The number of nitrogens with zero attached hydrogens (tertiary/aromatic N) is 4. The largest absolute Gasteiger partial charge is 0.372 e. The van der Waals surface area contributed by atoms with Crippen LogP contribution < -0.4 is 5.32 Å². The van der Waals surface area contributed by atoms with Crippen LogP contribution in [0.4, 0.5) is 5.82 Å². The zero-order valence-electron chi connectivity index (χ0n) is 9.39. The smallest absolute Gasteiger partial charge is 0.179 e. The Bertz CT molecular complexity index is 547. The van der Waals surface area contributed by atoms with Gasteiger partial charge in [-0.2, -0.15) is 0 Å². The van der Waals surface area contributed by atoms with E-state index in [0.29, 0.717) is 11.9 Å². The Balaban J connectivity index is 2.05. The summed E-state index contributed by atoms with van der Waals surface area (Å²) in [5.74, 6) is 1.50. The third-order valence-corrected chi connectivity index (χ3v) is 3.40. The van der Waals surface area contributed by atoms with Crippen LogP contribution in [-0.4, -0.2) is 26.6 Å². The molecule has 0 spiro atoms. The molecule has 5 nitrogen and oxygen atoms in total. The first-order chi connectivity index (χ1) is 8.29. The monoisotopic (exact) mass is 293 g/mol. The minimum atomic E-state index is 0.581. The van der Waals surface area contributed by atoms with Crippen LogP contribution in [0.1, 0.15) is 18.9 Å². The van der Waals surface area contributed by atoms with Gasteiger partial charge in [0.2, 0.25) is 0 Å². The number of aromatic nitrogens is 4. The van der Waals surface area contributed by atoms with Gasteiger partial charge in [-0.1, -0.05) is 0 Å². The number of rotatable bonds is 3. The molecule has 88 valence electrons. The van der Waals surface area contributed by atoms with E-state index >= 15 is 0 Å². The van der Waals surface area contributed by atoms with E-state index in [1.807, 2.05) is 19.6 Å². The average Bonchev–Trinajstić information content (AvgIpc) is 3.08.